The minimum atomic E-state index is -3.10. The van der Waals surface area contributed by atoms with Gasteiger partial charge in [-0.3, -0.25) is 4.79 Å². The summed E-state index contributed by atoms with van der Waals surface area (Å²) in [6, 6.07) is 18.1. The molecule has 1 N–H and O–H groups in total. The van der Waals surface area contributed by atoms with Gasteiger partial charge in [0.2, 0.25) is 0 Å². The maximum atomic E-state index is 12.9. The van der Waals surface area contributed by atoms with Gasteiger partial charge in [0, 0.05) is 17.2 Å². The van der Waals surface area contributed by atoms with Gasteiger partial charge in [0.1, 0.15) is 11.6 Å². The third-order valence-electron chi connectivity index (χ3n) is 5.30. The lowest BCUT2D eigenvalue weighted by atomic mass is 10.1. The second kappa shape index (κ2) is 9.16. The van der Waals surface area contributed by atoms with E-state index in [2.05, 4.69) is 24.3 Å². The van der Waals surface area contributed by atoms with Gasteiger partial charge in [0.05, 0.1) is 29.8 Å². The van der Waals surface area contributed by atoms with E-state index in [1.165, 1.54) is 0 Å². The number of hydrogen-bond donors (Lipinski definition) is 1. The number of ether oxygens (including phenoxy) is 1. The molecule has 1 atom stereocenters. The average molecular weight is 454 g/mol. The summed E-state index contributed by atoms with van der Waals surface area (Å²) in [6.07, 6.45) is 0.475. The van der Waals surface area contributed by atoms with Gasteiger partial charge in [-0.2, -0.15) is 5.10 Å². The lowest BCUT2D eigenvalue weighted by molar-refractivity contribution is 0.102. The van der Waals surface area contributed by atoms with E-state index in [0.717, 1.165) is 5.56 Å². The molecule has 0 aliphatic carbocycles. The second-order valence-electron chi connectivity index (χ2n) is 8.47. The standard InChI is InChI=1S/C24H27N3O4S/c1-17(2)15-31-21-10-8-19(9-11-21)24(28)25-23-14-22(18-6-4-3-5-7-18)26-27(23)20-12-13-32(29,30)16-20/h3-11,14,17,20H,12-13,15-16H2,1-2H3,(H,25,28). The maximum absolute atomic E-state index is 12.9. The first-order valence-electron chi connectivity index (χ1n) is 10.7. The van der Waals surface area contributed by atoms with Crippen LogP contribution in [0.3, 0.4) is 0 Å². The normalized spacial score (nSPS) is 17.4. The molecule has 0 saturated carbocycles. The van der Waals surface area contributed by atoms with Crippen LogP contribution in [-0.2, 0) is 9.84 Å². The summed E-state index contributed by atoms with van der Waals surface area (Å²) < 4.78 is 31.4. The molecule has 1 unspecified atom stereocenters. The highest BCUT2D eigenvalue weighted by Gasteiger charge is 2.32. The van der Waals surface area contributed by atoms with Crippen LogP contribution >= 0.6 is 0 Å². The molecular formula is C24H27N3O4S. The summed E-state index contributed by atoms with van der Waals surface area (Å²) in [5.74, 6) is 1.47. The number of carbonyl (C=O) groups excluding carboxylic acids is 1. The number of aromatic nitrogens is 2. The van der Waals surface area contributed by atoms with Crippen molar-refractivity contribution in [1.82, 2.24) is 9.78 Å². The maximum Gasteiger partial charge on any atom is 0.256 e. The Kier molecular flexibility index (Phi) is 6.32. The van der Waals surface area contributed by atoms with E-state index in [1.54, 1.807) is 35.0 Å². The molecule has 1 amide bonds. The zero-order valence-electron chi connectivity index (χ0n) is 18.2. The van der Waals surface area contributed by atoms with E-state index in [4.69, 9.17) is 4.74 Å². The smallest absolute Gasteiger partial charge is 0.256 e. The zero-order chi connectivity index (χ0) is 22.7. The van der Waals surface area contributed by atoms with Crippen molar-refractivity contribution in [2.24, 2.45) is 5.92 Å². The first-order valence-corrected chi connectivity index (χ1v) is 12.5. The van der Waals surface area contributed by atoms with Crippen molar-refractivity contribution in [3.05, 3.63) is 66.2 Å². The van der Waals surface area contributed by atoms with Gasteiger partial charge in [-0.25, -0.2) is 13.1 Å². The van der Waals surface area contributed by atoms with Crippen LogP contribution in [0.2, 0.25) is 0 Å². The van der Waals surface area contributed by atoms with Crippen LogP contribution in [0.1, 0.15) is 36.7 Å². The number of sulfone groups is 1. The Hall–Kier alpha value is -3.13. The highest BCUT2D eigenvalue weighted by Crippen LogP contribution is 2.30. The van der Waals surface area contributed by atoms with Crippen LogP contribution in [0.4, 0.5) is 5.82 Å². The Labute approximate surface area is 188 Å². The number of anilines is 1. The quantitative estimate of drug-likeness (QED) is 0.579. The van der Waals surface area contributed by atoms with Crippen molar-refractivity contribution in [3.63, 3.8) is 0 Å². The molecule has 32 heavy (non-hydrogen) atoms. The number of hydrogen-bond acceptors (Lipinski definition) is 5. The molecule has 168 valence electrons. The van der Waals surface area contributed by atoms with Crippen molar-refractivity contribution in [3.8, 4) is 17.0 Å². The van der Waals surface area contributed by atoms with E-state index in [0.29, 0.717) is 41.8 Å². The Morgan fingerprint density at radius 3 is 2.50 bits per heavy atom. The predicted molar refractivity (Wildman–Crippen MR) is 125 cm³/mol. The number of benzene rings is 2. The lowest BCUT2D eigenvalue weighted by Gasteiger charge is -2.14. The van der Waals surface area contributed by atoms with E-state index in [9.17, 15) is 13.2 Å². The van der Waals surface area contributed by atoms with Crippen LogP contribution in [0.25, 0.3) is 11.3 Å². The molecule has 8 heteroatoms. The highest BCUT2D eigenvalue weighted by molar-refractivity contribution is 7.91. The first-order chi connectivity index (χ1) is 15.3. The molecular weight excluding hydrogens is 426 g/mol. The van der Waals surface area contributed by atoms with Crippen molar-refractivity contribution in [2.75, 3.05) is 23.4 Å². The predicted octanol–water partition coefficient (Wildman–Crippen LogP) is 4.20. The largest absolute Gasteiger partial charge is 0.493 e. The molecule has 0 radical (unpaired) electrons. The van der Waals surface area contributed by atoms with Crippen molar-refractivity contribution in [1.29, 1.82) is 0 Å². The van der Waals surface area contributed by atoms with Crippen LogP contribution in [0.15, 0.2) is 60.7 Å². The summed E-state index contributed by atoms with van der Waals surface area (Å²) in [4.78, 5) is 12.9. The fraction of sp³-hybridized carbons (Fsp3) is 0.333. The monoisotopic (exact) mass is 453 g/mol. The molecule has 2 heterocycles. The third-order valence-corrected chi connectivity index (χ3v) is 7.05. The molecule has 2 aromatic carbocycles. The van der Waals surface area contributed by atoms with Gasteiger partial charge in [-0.1, -0.05) is 44.2 Å². The molecule has 7 nitrogen and oxygen atoms in total. The van der Waals surface area contributed by atoms with E-state index < -0.39 is 9.84 Å². The highest BCUT2D eigenvalue weighted by atomic mass is 32.2. The van der Waals surface area contributed by atoms with Crippen LogP contribution < -0.4 is 10.1 Å². The molecule has 1 fully saturated rings. The summed E-state index contributed by atoms with van der Waals surface area (Å²) >= 11 is 0. The summed E-state index contributed by atoms with van der Waals surface area (Å²) in [5.41, 5.74) is 2.06. The SMILES string of the molecule is CC(C)COc1ccc(C(=O)Nc2cc(-c3ccccc3)nn2C2CCS(=O)(=O)C2)cc1. The molecule has 0 bridgehead atoms. The zero-order valence-corrected chi connectivity index (χ0v) is 19.0. The minimum absolute atomic E-state index is 0.0215. The van der Waals surface area contributed by atoms with Crippen molar-refractivity contribution < 1.29 is 17.9 Å². The molecule has 1 aromatic heterocycles. The van der Waals surface area contributed by atoms with Gasteiger partial charge in [0.25, 0.3) is 5.91 Å². The lowest BCUT2D eigenvalue weighted by Crippen LogP contribution is -2.19. The van der Waals surface area contributed by atoms with Gasteiger partial charge < -0.3 is 10.1 Å². The summed E-state index contributed by atoms with van der Waals surface area (Å²) in [7, 11) is -3.10. The molecule has 1 saturated heterocycles. The fourth-order valence-corrected chi connectivity index (χ4v) is 5.33. The average Bonchev–Trinajstić information content (AvgIpc) is 3.36. The van der Waals surface area contributed by atoms with E-state index in [-0.39, 0.29) is 23.5 Å². The van der Waals surface area contributed by atoms with Gasteiger partial charge >= 0.3 is 0 Å². The first kappa shape index (κ1) is 22.1. The molecule has 1 aliphatic heterocycles. The Morgan fingerprint density at radius 1 is 1.16 bits per heavy atom. The number of rotatable bonds is 7. The summed E-state index contributed by atoms with van der Waals surface area (Å²) in [5, 5.41) is 7.56. The van der Waals surface area contributed by atoms with Crippen LogP contribution in [-0.4, -0.2) is 42.2 Å². The molecule has 1 aliphatic rings. The molecule has 3 aromatic rings. The third kappa shape index (κ3) is 5.19. The van der Waals surface area contributed by atoms with E-state index >= 15 is 0 Å². The van der Waals surface area contributed by atoms with Crippen molar-refractivity contribution in [2.45, 2.75) is 26.3 Å². The molecule has 4 rings (SSSR count). The van der Waals surface area contributed by atoms with E-state index in [1.807, 2.05) is 30.3 Å². The van der Waals surface area contributed by atoms with Crippen LogP contribution in [0.5, 0.6) is 5.75 Å². The second-order valence-corrected chi connectivity index (χ2v) is 10.7. The minimum Gasteiger partial charge on any atom is -0.493 e. The van der Waals surface area contributed by atoms with Gasteiger partial charge in [0.15, 0.2) is 9.84 Å². The fourth-order valence-electron chi connectivity index (χ4n) is 3.64. The van der Waals surface area contributed by atoms with Crippen LogP contribution in [0, 0.1) is 5.92 Å². The summed E-state index contributed by atoms with van der Waals surface area (Å²) in [6.45, 7) is 4.76. The number of carbonyl (C=O) groups is 1. The Bertz CT molecular complexity index is 1190. The number of nitrogens with zero attached hydrogens (tertiary/aromatic N) is 2. The number of nitrogens with one attached hydrogen (secondary N) is 1. The molecule has 0 spiro atoms. The van der Waals surface area contributed by atoms with Crippen molar-refractivity contribution >= 4 is 21.6 Å². The number of amides is 1. The Morgan fingerprint density at radius 2 is 1.88 bits per heavy atom. The van der Waals surface area contributed by atoms with Gasteiger partial charge in [-0.05, 0) is 36.6 Å². The topological polar surface area (TPSA) is 90.3 Å². The van der Waals surface area contributed by atoms with Gasteiger partial charge in [-0.15, -0.1) is 0 Å². The Balaban J connectivity index is 1.58.